The Balaban J connectivity index is 0.00000108. The van der Waals surface area contributed by atoms with E-state index >= 15 is 0 Å². The number of amides is 2. The average Bonchev–Trinajstić information content (AvgIpc) is 3.95. The van der Waals surface area contributed by atoms with E-state index in [9.17, 15) is 19.5 Å². The van der Waals surface area contributed by atoms with Gasteiger partial charge in [-0.1, -0.05) is 20.4 Å². The zero-order valence-corrected chi connectivity index (χ0v) is 40.0. The van der Waals surface area contributed by atoms with Gasteiger partial charge in [0.25, 0.3) is 0 Å². The molecule has 0 radical (unpaired) electrons. The second-order valence-electron chi connectivity index (χ2n) is 14.9. The maximum Gasteiger partial charge on any atom is 0.330 e. The molecule has 0 aromatic carbocycles. The number of nitrogens with one attached hydrogen (secondary N) is 2. The summed E-state index contributed by atoms with van der Waals surface area (Å²) in [6, 6.07) is 5.85. The van der Waals surface area contributed by atoms with Crippen LogP contribution in [0.15, 0.2) is 12.7 Å². The number of carbonyl (C=O) groups is 3. The van der Waals surface area contributed by atoms with E-state index in [1.807, 2.05) is 13.8 Å². The van der Waals surface area contributed by atoms with E-state index in [0.717, 1.165) is 87.8 Å². The van der Waals surface area contributed by atoms with Gasteiger partial charge in [-0.25, -0.2) is 4.79 Å². The molecule has 0 spiro atoms. The highest BCUT2D eigenvalue weighted by Crippen LogP contribution is 2.29. The first-order valence-corrected chi connectivity index (χ1v) is 31.0. The van der Waals surface area contributed by atoms with Gasteiger partial charge in [0.05, 0.1) is 19.8 Å². The summed E-state index contributed by atoms with van der Waals surface area (Å²) in [5, 5.41) is 15.5. The van der Waals surface area contributed by atoms with Crippen molar-refractivity contribution in [1.29, 1.82) is 0 Å². The summed E-state index contributed by atoms with van der Waals surface area (Å²) < 4.78 is 46.7. The van der Waals surface area contributed by atoms with Gasteiger partial charge in [0, 0.05) is 59.4 Å². The number of epoxide rings is 1. The number of aliphatic hydroxyl groups excluding tert-OH is 1. The van der Waals surface area contributed by atoms with Crippen molar-refractivity contribution in [3.05, 3.63) is 12.7 Å². The van der Waals surface area contributed by atoms with Crippen LogP contribution in [0.5, 0.6) is 0 Å². The molecule has 1 aliphatic rings. The minimum absolute atomic E-state index is 0.00620. The molecule has 324 valence electrons. The molecule has 1 aliphatic heterocycles. The Morgan fingerprint density at radius 2 is 1.22 bits per heavy atom. The Kier molecular flexibility index (Phi) is 29.1. The van der Waals surface area contributed by atoms with Crippen LogP contribution in [0, 0.1) is 0 Å². The molecule has 1 heterocycles. The fourth-order valence-corrected chi connectivity index (χ4v) is 23.1. The number of aliphatic hydroxyl groups is 1. The summed E-state index contributed by atoms with van der Waals surface area (Å²) >= 11 is 0. The minimum atomic E-state index is -2.35. The van der Waals surface area contributed by atoms with E-state index in [2.05, 4.69) is 57.2 Å². The molecule has 14 nitrogen and oxygen atoms in total. The summed E-state index contributed by atoms with van der Waals surface area (Å²) in [6.07, 6.45) is 4.13. The summed E-state index contributed by atoms with van der Waals surface area (Å²) in [5.74, 6) is -0.538. The molecule has 1 saturated heterocycles. The number of rotatable bonds is 33. The van der Waals surface area contributed by atoms with E-state index in [1.165, 1.54) is 6.92 Å². The van der Waals surface area contributed by atoms with Crippen LogP contribution < -0.4 is 10.6 Å². The third-order valence-corrected chi connectivity index (χ3v) is 26.8. The Labute approximate surface area is 337 Å². The van der Waals surface area contributed by atoms with Gasteiger partial charge in [0.1, 0.15) is 18.8 Å². The van der Waals surface area contributed by atoms with Crippen molar-refractivity contribution in [2.24, 2.45) is 0 Å². The van der Waals surface area contributed by atoms with E-state index in [4.69, 9.17) is 36.0 Å². The van der Waals surface area contributed by atoms with E-state index in [0.29, 0.717) is 39.1 Å². The third-order valence-electron chi connectivity index (χ3n) is 9.27. The molecule has 0 aromatic rings. The summed E-state index contributed by atoms with van der Waals surface area (Å²) in [7, 11) is -8.29. The maximum absolute atomic E-state index is 11.0. The first-order chi connectivity index (χ1) is 25.9. The van der Waals surface area contributed by atoms with Crippen molar-refractivity contribution < 1.29 is 55.5 Å². The molecule has 18 heteroatoms. The van der Waals surface area contributed by atoms with E-state index < -0.39 is 45.8 Å². The van der Waals surface area contributed by atoms with Crippen LogP contribution in [0.2, 0.25) is 62.5 Å². The molecule has 1 fully saturated rings. The van der Waals surface area contributed by atoms with E-state index in [-0.39, 0.29) is 25.0 Å². The van der Waals surface area contributed by atoms with Gasteiger partial charge < -0.3 is 51.8 Å². The van der Waals surface area contributed by atoms with Crippen molar-refractivity contribution >= 4 is 51.5 Å². The van der Waals surface area contributed by atoms with Gasteiger partial charge in [0.2, 0.25) is 11.8 Å². The Hall–Kier alpha value is -1.30. The maximum atomic E-state index is 11.0. The first kappa shape index (κ1) is 53.7. The van der Waals surface area contributed by atoms with Gasteiger partial charge in [-0.2, -0.15) is 0 Å². The molecule has 0 aliphatic carbocycles. The van der Waals surface area contributed by atoms with Crippen LogP contribution in [0.1, 0.15) is 67.2 Å². The van der Waals surface area contributed by atoms with Gasteiger partial charge in [-0.05, 0) is 102 Å². The van der Waals surface area contributed by atoms with Crippen molar-refractivity contribution in [1.82, 2.24) is 10.6 Å². The normalized spacial score (nSPS) is 18.6. The number of carbonyl (C=O) groups excluding carboxylic acids is 3. The highest BCUT2D eigenvalue weighted by atomic mass is 28.4. The third kappa shape index (κ3) is 28.7. The molecule has 0 aromatic heterocycles. The van der Waals surface area contributed by atoms with Crippen LogP contribution in [0.3, 0.4) is 0 Å². The van der Waals surface area contributed by atoms with Crippen LogP contribution in [0.4, 0.5) is 0 Å². The fourth-order valence-electron chi connectivity index (χ4n) is 5.89. The minimum Gasteiger partial charge on any atom is -0.460 e. The van der Waals surface area contributed by atoms with Gasteiger partial charge in [-0.15, -0.1) is 0 Å². The molecule has 3 N–H and O–H groups in total. The summed E-state index contributed by atoms with van der Waals surface area (Å²) in [5.41, 5.74) is 0. The predicted molar refractivity (Wildman–Crippen MR) is 226 cm³/mol. The van der Waals surface area contributed by atoms with Crippen molar-refractivity contribution in [3.8, 4) is 0 Å². The lowest BCUT2D eigenvalue weighted by atomic mass is 10.4. The summed E-state index contributed by atoms with van der Waals surface area (Å²) in [4.78, 5) is 33.0. The van der Waals surface area contributed by atoms with Gasteiger partial charge in [0.15, 0.2) is 16.6 Å². The summed E-state index contributed by atoms with van der Waals surface area (Å²) in [6.45, 7) is 29.1. The first-order valence-electron chi connectivity index (χ1n) is 20.3. The zero-order valence-electron chi connectivity index (χ0n) is 36.0. The fraction of sp³-hybridized carbons (Fsp3) is 0.865. The number of hydrogen-bond acceptors (Lipinski definition) is 12. The Morgan fingerprint density at radius 1 is 0.764 bits per heavy atom. The average molecular weight is 855 g/mol. The van der Waals surface area contributed by atoms with E-state index in [1.54, 1.807) is 6.92 Å². The zero-order chi connectivity index (χ0) is 41.8. The SMILES string of the molecule is C=CC(=O)OCC(O)COCCC[Si](C)(OCC)O[Si](C)(CC)CCCNC(C)=O.CCO[Si](C)(CCCOCC1CO1)O[Si](C)(CC)CCCNC(C)=O. The lowest BCUT2D eigenvalue weighted by Crippen LogP contribution is -2.50. The van der Waals surface area contributed by atoms with Crippen LogP contribution in [-0.4, -0.2) is 135 Å². The number of ether oxygens (including phenoxy) is 4. The van der Waals surface area contributed by atoms with Gasteiger partial charge in [-0.3, -0.25) is 9.59 Å². The largest absolute Gasteiger partial charge is 0.460 e. The smallest absolute Gasteiger partial charge is 0.330 e. The highest BCUT2D eigenvalue weighted by Gasteiger charge is 2.41. The molecule has 6 unspecified atom stereocenters. The predicted octanol–water partition coefficient (Wildman–Crippen LogP) is 5.77. The molecular weight excluding hydrogens is 777 g/mol. The van der Waals surface area contributed by atoms with Crippen molar-refractivity contribution in [3.63, 3.8) is 0 Å². The van der Waals surface area contributed by atoms with Crippen LogP contribution in [-0.2, 0) is 50.4 Å². The lowest BCUT2D eigenvalue weighted by Gasteiger charge is -2.37. The molecule has 1 rings (SSSR count). The Morgan fingerprint density at radius 3 is 1.60 bits per heavy atom. The topological polar surface area (TPSA) is 173 Å². The standard InChI is InChI=1S/C20H41NO7Si2.C17H37NO5Si2/c1-7-20(24)26-17-19(23)16-25-13-11-15-30(6,27-8-2)28-29(5,9-3)14-10-12-21-18(4)22;1-6-22-25(5,13-9-11-20-14-17-15-21-17)23-24(4,7-2)12-8-10-18-16(3)19/h7,19,23H,1,8-17H2,2-6H3,(H,21,22);17H,6-15H2,1-5H3,(H,18,19). The van der Waals surface area contributed by atoms with Crippen molar-refractivity contribution in [2.45, 2.75) is 142 Å². The highest BCUT2D eigenvalue weighted by molar-refractivity contribution is 6.84. The van der Waals surface area contributed by atoms with Crippen LogP contribution in [0.25, 0.3) is 0 Å². The van der Waals surface area contributed by atoms with Crippen LogP contribution >= 0.6 is 0 Å². The lowest BCUT2D eigenvalue weighted by molar-refractivity contribution is -0.141. The molecule has 0 bridgehead atoms. The molecular formula is C37H78N2O12Si4. The van der Waals surface area contributed by atoms with Gasteiger partial charge >= 0.3 is 23.1 Å². The van der Waals surface area contributed by atoms with Crippen molar-refractivity contribution in [2.75, 3.05) is 65.9 Å². The molecule has 2 amide bonds. The quantitative estimate of drug-likeness (QED) is 0.0240. The molecule has 55 heavy (non-hydrogen) atoms. The monoisotopic (exact) mass is 854 g/mol. The molecule has 0 saturated carbocycles. The second-order valence-corrected chi connectivity index (χ2v) is 30.9. The number of hydrogen-bond donors (Lipinski definition) is 3. The number of esters is 1. The second kappa shape index (κ2) is 29.8. The molecule has 6 atom stereocenters. The Bertz CT molecular complexity index is 1080.